The summed E-state index contributed by atoms with van der Waals surface area (Å²) < 4.78 is 12.6. The fourth-order valence-electron chi connectivity index (χ4n) is 2.98. The van der Waals surface area contributed by atoms with Gasteiger partial charge in [0.15, 0.2) is 5.82 Å². The van der Waals surface area contributed by atoms with Crippen molar-refractivity contribution in [2.75, 3.05) is 13.2 Å². The van der Waals surface area contributed by atoms with Gasteiger partial charge < -0.3 is 19.9 Å². The average Bonchev–Trinajstić information content (AvgIpc) is 3.28. The van der Waals surface area contributed by atoms with E-state index in [4.69, 9.17) is 9.26 Å². The van der Waals surface area contributed by atoms with Gasteiger partial charge in [-0.25, -0.2) is 4.79 Å². The molecule has 2 N–H and O–H groups in total. The average molecular weight is 362 g/mol. The van der Waals surface area contributed by atoms with Gasteiger partial charge in [0.1, 0.15) is 6.04 Å². The molecule has 3 rings (SSSR count). The van der Waals surface area contributed by atoms with Crippen LogP contribution in [-0.2, 0) is 18.3 Å². The summed E-state index contributed by atoms with van der Waals surface area (Å²) >= 11 is 0. The second kappa shape index (κ2) is 8.31. The maximum atomic E-state index is 12.4. The molecule has 2 amide bonds. The van der Waals surface area contributed by atoms with Crippen LogP contribution in [0.15, 0.2) is 16.8 Å². The van der Waals surface area contributed by atoms with Crippen LogP contribution in [0.2, 0.25) is 0 Å². The van der Waals surface area contributed by atoms with Gasteiger partial charge in [-0.15, -0.1) is 0 Å². The third kappa shape index (κ3) is 4.40. The number of hydrogen-bond donors (Lipinski definition) is 2. The fraction of sp³-hybridized carbons (Fsp3) is 0.647. The minimum Gasteiger partial charge on any atom is -0.381 e. The van der Waals surface area contributed by atoms with Gasteiger partial charge in [-0.3, -0.25) is 4.68 Å². The van der Waals surface area contributed by atoms with Gasteiger partial charge in [0.2, 0.25) is 5.89 Å². The fourth-order valence-corrected chi connectivity index (χ4v) is 2.98. The van der Waals surface area contributed by atoms with Crippen LogP contribution in [0.5, 0.6) is 0 Å². The molecule has 26 heavy (non-hydrogen) atoms. The van der Waals surface area contributed by atoms with Crippen molar-refractivity contribution in [3.05, 3.63) is 29.7 Å². The number of amides is 2. The number of aryl methyl sites for hydroxylation is 1. The van der Waals surface area contributed by atoms with Crippen LogP contribution in [0.3, 0.4) is 0 Å². The van der Waals surface area contributed by atoms with Gasteiger partial charge in [-0.2, -0.15) is 10.1 Å². The zero-order valence-electron chi connectivity index (χ0n) is 15.4. The Morgan fingerprint density at radius 3 is 2.77 bits per heavy atom. The Morgan fingerprint density at radius 2 is 2.15 bits per heavy atom. The molecule has 1 saturated heterocycles. The van der Waals surface area contributed by atoms with E-state index in [2.05, 4.69) is 25.9 Å². The van der Waals surface area contributed by atoms with E-state index in [0.717, 1.165) is 18.5 Å². The van der Waals surface area contributed by atoms with E-state index in [9.17, 15) is 4.79 Å². The molecular weight excluding hydrogens is 336 g/mol. The zero-order chi connectivity index (χ0) is 18.5. The summed E-state index contributed by atoms with van der Waals surface area (Å²) in [6.07, 6.45) is 3.38. The number of aromatic nitrogens is 4. The molecule has 1 fully saturated rings. The van der Waals surface area contributed by atoms with Crippen LogP contribution in [0.25, 0.3) is 0 Å². The van der Waals surface area contributed by atoms with Crippen molar-refractivity contribution in [1.29, 1.82) is 0 Å². The van der Waals surface area contributed by atoms with Gasteiger partial charge in [0.05, 0.1) is 12.2 Å². The predicted molar refractivity (Wildman–Crippen MR) is 93.3 cm³/mol. The Hall–Kier alpha value is -2.42. The van der Waals surface area contributed by atoms with Gasteiger partial charge in [-0.05, 0) is 24.8 Å². The predicted octanol–water partition coefficient (Wildman–Crippen LogP) is 1.89. The maximum absolute atomic E-state index is 12.4. The van der Waals surface area contributed by atoms with Crippen molar-refractivity contribution in [3.63, 3.8) is 0 Å². The molecule has 1 atom stereocenters. The first-order valence-corrected chi connectivity index (χ1v) is 8.97. The smallest absolute Gasteiger partial charge is 0.315 e. The highest BCUT2D eigenvalue weighted by molar-refractivity contribution is 5.74. The number of hydrogen-bond acceptors (Lipinski definition) is 6. The lowest BCUT2D eigenvalue weighted by Gasteiger charge is -2.28. The molecule has 3 heterocycles. The van der Waals surface area contributed by atoms with Crippen molar-refractivity contribution in [1.82, 2.24) is 30.6 Å². The molecular formula is C17H26N6O3. The van der Waals surface area contributed by atoms with Gasteiger partial charge in [0.25, 0.3) is 0 Å². The number of rotatable bonds is 6. The van der Waals surface area contributed by atoms with Gasteiger partial charge >= 0.3 is 6.03 Å². The monoisotopic (exact) mass is 362 g/mol. The molecule has 1 aliphatic rings. The highest BCUT2D eigenvalue weighted by Crippen LogP contribution is 2.29. The van der Waals surface area contributed by atoms with Crippen LogP contribution < -0.4 is 10.6 Å². The molecule has 0 aromatic carbocycles. The summed E-state index contributed by atoms with van der Waals surface area (Å²) in [6.45, 7) is 5.75. The normalized spacial score (nSPS) is 16.6. The summed E-state index contributed by atoms with van der Waals surface area (Å²) in [5, 5.41) is 14.0. The Balaban J connectivity index is 1.68. The SMILES string of the molecule is CC(C)c1noc([C@H](NC(=O)NCc2ccnn2C)C2CCOCC2)n1. The highest BCUT2D eigenvalue weighted by atomic mass is 16.5. The van der Waals surface area contributed by atoms with Crippen molar-refractivity contribution in [2.24, 2.45) is 13.0 Å². The molecule has 0 radical (unpaired) electrons. The van der Waals surface area contributed by atoms with Gasteiger partial charge in [-0.1, -0.05) is 19.0 Å². The second-order valence-electron chi connectivity index (χ2n) is 6.85. The van der Waals surface area contributed by atoms with Crippen LogP contribution in [0, 0.1) is 5.92 Å². The lowest BCUT2D eigenvalue weighted by Crippen LogP contribution is -2.42. The maximum Gasteiger partial charge on any atom is 0.315 e. The largest absolute Gasteiger partial charge is 0.381 e. The summed E-state index contributed by atoms with van der Waals surface area (Å²) in [5.74, 6) is 1.47. The molecule has 2 aromatic rings. The van der Waals surface area contributed by atoms with E-state index in [0.29, 0.717) is 31.5 Å². The molecule has 1 aliphatic heterocycles. The van der Waals surface area contributed by atoms with E-state index in [1.54, 1.807) is 10.9 Å². The number of carbonyl (C=O) groups excluding carboxylic acids is 1. The lowest BCUT2D eigenvalue weighted by atomic mass is 9.91. The van der Waals surface area contributed by atoms with E-state index < -0.39 is 0 Å². The molecule has 0 unspecified atom stereocenters. The quantitative estimate of drug-likeness (QED) is 0.813. The number of carbonyl (C=O) groups is 1. The number of nitrogens with zero attached hydrogens (tertiary/aromatic N) is 4. The van der Waals surface area contributed by atoms with Crippen molar-refractivity contribution in [2.45, 2.75) is 45.2 Å². The van der Waals surface area contributed by atoms with Crippen LogP contribution >= 0.6 is 0 Å². The molecule has 2 aromatic heterocycles. The minimum atomic E-state index is -0.328. The molecule has 0 bridgehead atoms. The molecule has 0 spiro atoms. The Morgan fingerprint density at radius 1 is 1.38 bits per heavy atom. The summed E-state index contributed by atoms with van der Waals surface area (Å²) in [7, 11) is 1.84. The first-order valence-electron chi connectivity index (χ1n) is 8.97. The molecule has 9 nitrogen and oxygen atoms in total. The van der Waals surface area contributed by atoms with Gasteiger partial charge in [0, 0.05) is 32.4 Å². The molecule has 0 aliphatic carbocycles. The van der Waals surface area contributed by atoms with Crippen LogP contribution in [-0.4, -0.2) is 39.2 Å². The topological polar surface area (TPSA) is 107 Å². The Labute approximate surface area is 152 Å². The summed E-state index contributed by atoms with van der Waals surface area (Å²) in [6, 6.07) is 1.26. The van der Waals surface area contributed by atoms with E-state index >= 15 is 0 Å². The van der Waals surface area contributed by atoms with Crippen molar-refractivity contribution < 1.29 is 14.1 Å². The molecule has 142 valence electrons. The minimum absolute atomic E-state index is 0.168. The van der Waals surface area contributed by atoms with Crippen LogP contribution in [0.1, 0.15) is 56.1 Å². The third-order valence-electron chi connectivity index (χ3n) is 4.62. The standard InChI is InChI=1S/C17H26N6O3/c1-11(2)15-21-16(26-22-15)14(12-5-8-25-9-6-12)20-17(24)18-10-13-4-7-19-23(13)3/h4,7,11-12,14H,5-6,8-10H2,1-3H3,(H2,18,20,24)/t14-/m1/s1. The molecule has 9 heteroatoms. The van der Waals surface area contributed by atoms with Crippen LogP contribution in [0.4, 0.5) is 4.79 Å². The third-order valence-corrected chi connectivity index (χ3v) is 4.62. The summed E-state index contributed by atoms with van der Waals surface area (Å²) in [4.78, 5) is 16.9. The van der Waals surface area contributed by atoms with E-state index in [1.807, 2.05) is 27.0 Å². The number of ether oxygens (including phenoxy) is 1. The Kier molecular flexibility index (Phi) is 5.87. The first-order chi connectivity index (χ1) is 12.5. The zero-order valence-corrected chi connectivity index (χ0v) is 15.4. The number of urea groups is 1. The van der Waals surface area contributed by atoms with E-state index in [1.165, 1.54) is 0 Å². The Bertz CT molecular complexity index is 720. The first kappa shape index (κ1) is 18.4. The highest BCUT2D eigenvalue weighted by Gasteiger charge is 2.31. The van der Waals surface area contributed by atoms with E-state index in [-0.39, 0.29) is 23.9 Å². The molecule has 0 saturated carbocycles. The summed E-state index contributed by atoms with van der Waals surface area (Å²) in [5.41, 5.74) is 0.919. The van der Waals surface area contributed by atoms with Crippen molar-refractivity contribution >= 4 is 6.03 Å². The second-order valence-corrected chi connectivity index (χ2v) is 6.85. The van der Waals surface area contributed by atoms with Crippen molar-refractivity contribution in [3.8, 4) is 0 Å². The number of nitrogens with one attached hydrogen (secondary N) is 2. The lowest BCUT2D eigenvalue weighted by molar-refractivity contribution is 0.0503.